The molecule has 0 amide bonds. The molecule has 0 saturated carbocycles. The first-order chi connectivity index (χ1) is 7.56. The fourth-order valence-corrected chi connectivity index (χ4v) is 2.18. The molecule has 16 heavy (non-hydrogen) atoms. The Balaban J connectivity index is 2.80. The maximum Gasteiger partial charge on any atom is 0.345 e. The summed E-state index contributed by atoms with van der Waals surface area (Å²) in [6, 6.07) is 0.206. The van der Waals surface area contributed by atoms with Gasteiger partial charge in [-0.3, -0.25) is 10.1 Å². The minimum Gasteiger partial charge on any atom is -0.396 e. The molecule has 7 heteroatoms. The van der Waals surface area contributed by atoms with E-state index in [1.807, 2.05) is 18.7 Å². The zero-order valence-corrected chi connectivity index (χ0v) is 10.1. The smallest absolute Gasteiger partial charge is 0.345 e. The summed E-state index contributed by atoms with van der Waals surface area (Å²) in [6.45, 7) is 4.74. The van der Waals surface area contributed by atoms with Crippen LogP contribution in [0.5, 0.6) is 0 Å². The first kappa shape index (κ1) is 12.9. The van der Waals surface area contributed by atoms with Crippen LogP contribution in [-0.4, -0.2) is 34.2 Å². The van der Waals surface area contributed by atoms with Gasteiger partial charge in [-0.15, -0.1) is 0 Å². The lowest BCUT2D eigenvalue weighted by atomic mass is 10.3. The molecule has 1 rings (SSSR count). The second kappa shape index (κ2) is 5.76. The van der Waals surface area contributed by atoms with E-state index >= 15 is 0 Å². The molecule has 0 bridgehead atoms. The minimum absolute atomic E-state index is 0.0460. The fourth-order valence-electron chi connectivity index (χ4n) is 1.29. The molecule has 0 aliphatic rings. The standard InChI is InChI=1S/C9H15N3O3S/c1-7(2)11(4-3-5-13)9-10-6-8(16-9)12(14)15/h6-7,13H,3-5H2,1-2H3. The van der Waals surface area contributed by atoms with Crippen LogP contribution in [0.3, 0.4) is 0 Å². The van der Waals surface area contributed by atoms with E-state index in [2.05, 4.69) is 4.98 Å². The van der Waals surface area contributed by atoms with Crippen LogP contribution in [0.15, 0.2) is 6.20 Å². The fraction of sp³-hybridized carbons (Fsp3) is 0.667. The normalized spacial score (nSPS) is 10.8. The third-order valence-electron chi connectivity index (χ3n) is 2.09. The second-order valence-electron chi connectivity index (χ2n) is 3.60. The van der Waals surface area contributed by atoms with Crippen molar-refractivity contribution in [2.24, 2.45) is 0 Å². The molecule has 0 aromatic carbocycles. The summed E-state index contributed by atoms with van der Waals surface area (Å²) in [4.78, 5) is 16.1. The minimum atomic E-state index is -0.439. The van der Waals surface area contributed by atoms with Crippen molar-refractivity contribution >= 4 is 21.5 Å². The Morgan fingerprint density at radius 2 is 2.38 bits per heavy atom. The second-order valence-corrected chi connectivity index (χ2v) is 4.59. The van der Waals surface area contributed by atoms with Gasteiger partial charge in [0.05, 0.1) is 4.92 Å². The molecule has 0 fully saturated rings. The Bertz CT molecular complexity index is 354. The highest BCUT2D eigenvalue weighted by Gasteiger charge is 2.18. The number of aliphatic hydroxyl groups excluding tert-OH is 1. The van der Waals surface area contributed by atoms with E-state index in [1.54, 1.807) is 0 Å². The maximum absolute atomic E-state index is 10.5. The van der Waals surface area contributed by atoms with Crippen LogP contribution in [-0.2, 0) is 0 Å². The highest BCUT2D eigenvalue weighted by molar-refractivity contribution is 7.18. The molecule has 0 unspecified atom stereocenters. The lowest BCUT2D eigenvalue weighted by Gasteiger charge is -2.25. The lowest BCUT2D eigenvalue weighted by Crippen LogP contribution is -2.32. The van der Waals surface area contributed by atoms with Crippen molar-refractivity contribution in [1.29, 1.82) is 0 Å². The highest BCUT2D eigenvalue weighted by atomic mass is 32.1. The van der Waals surface area contributed by atoms with Crippen molar-refractivity contribution in [3.8, 4) is 0 Å². The van der Waals surface area contributed by atoms with Gasteiger partial charge in [-0.05, 0) is 31.6 Å². The first-order valence-corrected chi connectivity index (χ1v) is 5.85. The number of nitro groups is 1. The van der Waals surface area contributed by atoms with Crippen LogP contribution in [0.25, 0.3) is 0 Å². The highest BCUT2D eigenvalue weighted by Crippen LogP contribution is 2.29. The van der Waals surface area contributed by atoms with E-state index in [9.17, 15) is 10.1 Å². The Kier molecular flexibility index (Phi) is 4.63. The molecule has 0 spiro atoms. The van der Waals surface area contributed by atoms with Crippen molar-refractivity contribution in [2.45, 2.75) is 26.3 Å². The molecule has 0 aliphatic heterocycles. The topological polar surface area (TPSA) is 79.5 Å². The summed E-state index contributed by atoms with van der Waals surface area (Å²) >= 11 is 1.06. The summed E-state index contributed by atoms with van der Waals surface area (Å²) < 4.78 is 0. The predicted molar refractivity (Wildman–Crippen MR) is 63.0 cm³/mol. The van der Waals surface area contributed by atoms with E-state index in [4.69, 9.17) is 5.11 Å². The van der Waals surface area contributed by atoms with Gasteiger partial charge < -0.3 is 10.0 Å². The molecule has 90 valence electrons. The Morgan fingerprint density at radius 3 is 2.81 bits per heavy atom. The van der Waals surface area contributed by atoms with E-state index < -0.39 is 4.92 Å². The van der Waals surface area contributed by atoms with Gasteiger partial charge in [0.15, 0.2) is 5.13 Å². The van der Waals surface area contributed by atoms with Crippen LogP contribution in [0.2, 0.25) is 0 Å². The summed E-state index contributed by atoms with van der Waals surface area (Å²) in [5.41, 5.74) is 0. The molecular formula is C9H15N3O3S. The third kappa shape index (κ3) is 3.14. The number of rotatable bonds is 6. The summed E-state index contributed by atoms with van der Waals surface area (Å²) in [7, 11) is 0. The van der Waals surface area contributed by atoms with Gasteiger partial charge in [-0.2, -0.15) is 0 Å². The van der Waals surface area contributed by atoms with Gasteiger partial charge in [0, 0.05) is 19.2 Å². The van der Waals surface area contributed by atoms with Gasteiger partial charge in [-0.1, -0.05) is 0 Å². The Labute approximate surface area is 97.7 Å². The number of anilines is 1. The van der Waals surface area contributed by atoms with Gasteiger partial charge in [0.2, 0.25) is 0 Å². The molecule has 0 aliphatic carbocycles. The lowest BCUT2D eigenvalue weighted by molar-refractivity contribution is -0.380. The molecule has 1 N–H and O–H groups in total. The largest absolute Gasteiger partial charge is 0.396 e. The van der Waals surface area contributed by atoms with E-state index in [0.717, 1.165) is 11.3 Å². The van der Waals surface area contributed by atoms with Crippen LogP contribution < -0.4 is 4.90 Å². The van der Waals surface area contributed by atoms with E-state index in [-0.39, 0.29) is 17.6 Å². The van der Waals surface area contributed by atoms with Crippen molar-refractivity contribution in [1.82, 2.24) is 4.98 Å². The molecule has 1 heterocycles. The van der Waals surface area contributed by atoms with Crippen molar-refractivity contribution < 1.29 is 10.0 Å². The Morgan fingerprint density at radius 1 is 1.69 bits per heavy atom. The number of aromatic nitrogens is 1. The average Bonchev–Trinajstić information content (AvgIpc) is 2.67. The monoisotopic (exact) mass is 245 g/mol. The van der Waals surface area contributed by atoms with Gasteiger partial charge in [0.1, 0.15) is 6.20 Å². The van der Waals surface area contributed by atoms with Crippen LogP contribution in [0, 0.1) is 10.1 Å². The molecular weight excluding hydrogens is 230 g/mol. The number of hydrogen-bond donors (Lipinski definition) is 1. The summed E-state index contributed by atoms with van der Waals surface area (Å²) in [5.74, 6) is 0. The molecule has 6 nitrogen and oxygen atoms in total. The summed E-state index contributed by atoms with van der Waals surface area (Å²) in [5, 5.41) is 20.0. The zero-order valence-electron chi connectivity index (χ0n) is 9.29. The summed E-state index contributed by atoms with van der Waals surface area (Å²) in [6.07, 6.45) is 1.90. The van der Waals surface area contributed by atoms with Crippen molar-refractivity contribution in [3.05, 3.63) is 16.3 Å². The Hall–Kier alpha value is -1.21. The van der Waals surface area contributed by atoms with Crippen LogP contribution in [0.1, 0.15) is 20.3 Å². The first-order valence-electron chi connectivity index (χ1n) is 5.04. The van der Waals surface area contributed by atoms with Crippen molar-refractivity contribution in [2.75, 3.05) is 18.1 Å². The van der Waals surface area contributed by atoms with Gasteiger partial charge >= 0.3 is 5.00 Å². The zero-order chi connectivity index (χ0) is 12.1. The maximum atomic E-state index is 10.5. The van der Waals surface area contributed by atoms with E-state index in [1.165, 1.54) is 6.20 Å². The third-order valence-corrected chi connectivity index (χ3v) is 3.07. The van der Waals surface area contributed by atoms with Crippen molar-refractivity contribution in [3.63, 3.8) is 0 Å². The molecule has 0 radical (unpaired) electrons. The van der Waals surface area contributed by atoms with Crippen LogP contribution >= 0.6 is 11.3 Å². The molecule has 0 atom stereocenters. The number of aliphatic hydroxyl groups is 1. The molecule has 0 saturated heterocycles. The predicted octanol–water partition coefficient (Wildman–Crippen LogP) is 1.65. The number of thiazole rings is 1. The van der Waals surface area contributed by atoms with Gasteiger partial charge in [0.25, 0.3) is 0 Å². The van der Waals surface area contributed by atoms with Crippen LogP contribution in [0.4, 0.5) is 10.1 Å². The SMILES string of the molecule is CC(C)N(CCCO)c1ncc([N+](=O)[O-])s1. The molecule has 1 aromatic heterocycles. The van der Waals surface area contributed by atoms with Gasteiger partial charge in [-0.25, -0.2) is 4.98 Å². The number of nitrogens with zero attached hydrogens (tertiary/aromatic N) is 3. The quantitative estimate of drug-likeness (QED) is 0.609. The number of hydrogen-bond acceptors (Lipinski definition) is 6. The molecule has 1 aromatic rings. The average molecular weight is 245 g/mol. The van der Waals surface area contributed by atoms with E-state index in [0.29, 0.717) is 18.1 Å².